The van der Waals surface area contributed by atoms with E-state index in [4.69, 9.17) is 0 Å². The van der Waals surface area contributed by atoms with Gasteiger partial charge in [0.05, 0.1) is 26.9 Å². The van der Waals surface area contributed by atoms with Crippen molar-refractivity contribution in [1.29, 1.82) is 0 Å². The summed E-state index contributed by atoms with van der Waals surface area (Å²) in [5.41, 5.74) is 0.588. The highest BCUT2D eigenvalue weighted by molar-refractivity contribution is 5.94. The van der Waals surface area contributed by atoms with Crippen LogP contribution in [0.15, 0.2) is 30.3 Å². The fourth-order valence-electron chi connectivity index (χ4n) is 1.14. The maximum Gasteiger partial charge on any atom is 0.337 e. The Morgan fingerprint density at radius 1 is 0.850 bits per heavy atom. The number of carbonyl (C=O) groups excluding carboxylic acids is 3. The zero-order chi connectivity index (χ0) is 15.5. The van der Waals surface area contributed by atoms with E-state index in [1.807, 2.05) is 6.07 Å². The molecule has 0 amide bonds. The standard InChI is InChI=1S/C8H8O2.C6H10O4/c1-10-8(9)7-5-3-2-4-6-7;1-4(5(7)9-2)6(8)10-3/h2-6H,1H3;4H,1-3H3. The minimum absolute atomic E-state index is 0.291. The lowest BCUT2D eigenvalue weighted by molar-refractivity contribution is -0.157. The van der Waals surface area contributed by atoms with E-state index in [1.54, 1.807) is 24.3 Å². The average molecular weight is 282 g/mol. The van der Waals surface area contributed by atoms with Crippen molar-refractivity contribution >= 4 is 17.9 Å². The maximum absolute atomic E-state index is 10.8. The van der Waals surface area contributed by atoms with Crippen molar-refractivity contribution in [3.63, 3.8) is 0 Å². The molecule has 0 fully saturated rings. The van der Waals surface area contributed by atoms with E-state index in [1.165, 1.54) is 28.3 Å². The molecule has 0 atom stereocenters. The molecule has 0 N–H and O–H groups in total. The first-order valence-electron chi connectivity index (χ1n) is 5.76. The van der Waals surface area contributed by atoms with Crippen LogP contribution in [0.25, 0.3) is 0 Å². The van der Waals surface area contributed by atoms with Gasteiger partial charge in [-0.2, -0.15) is 0 Å². The summed E-state index contributed by atoms with van der Waals surface area (Å²) in [6.45, 7) is 1.43. The van der Waals surface area contributed by atoms with E-state index in [0.29, 0.717) is 5.56 Å². The Balaban J connectivity index is 0.000000361. The second-order valence-electron chi connectivity index (χ2n) is 3.63. The first kappa shape index (κ1) is 17.6. The van der Waals surface area contributed by atoms with Gasteiger partial charge in [0.15, 0.2) is 5.92 Å². The van der Waals surface area contributed by atoms with Gasteiger partial charge < -0.3 is 14.2 Å². The molecule has 1 rings (SSSR count). The topological polar surface area (TPSA) is 78.9 Å². The van der Waals surface area contributed by atoms with Crippen LogP contribution in [0.2, 0.25) is 0 Å². The molecule has 0 heterocycles. The molecule has 0 aliphatic heterocycles. The molecule has 0 aromatic heterocycles. The van der Waals surface area contributed by atoms with Crippen molar-refractivity contribution in [2.24, 2.45) is 5.92 Å². The largest absolute Gasteiger partial charge is 0.468 e. The highest BCUT2D eigenvalue weighted by Gasteiger charge is 2.22. The van der Waals surface area contributed by atoms with Crippen LogP contribution in [-0.2, 0) is 23.8 Å². The van der Waals surface area contributed by atoms with Crippen LogP contribution in [-0.4, -0.2) is 39.2 Å². The second kappa shape index (κ2) is 9.55. The Morgan fingerprint density at radius 3 is 1.65 bits per heavy atom. The molecule has 0 bridgehead atoms. The number of hydrogen-bond acceptors (Lipinski definition) is 6. The zero-order valence-electron chi connectivity index (χ0n) is 11.9. The van der Waals surface area contributed by atoms with Gasteiger partial charge in [-0.3, -0.25) is 9.59 Å². The van der Waals surface area contributed by atoms with Crippen LogP contribution in [0.1, 0.15) is 17.3 Å². The number of methoxy groups -OCH3 is 3. The van der Waals surface area contributed by atoms with Crippen LogP contribution in [0.3, 0.4) is 0 Å². The summed E-state index contributed by atoms with van der Waals surface area (Å²) < 4.78 is 13.1. The molecule has 0 aliphatic carbocycles. The first-order valence-corrected chi connectivity index (χ1v) is 5.76. The Morgan fingerprint density at radius 2 is 1.30 bits per heavy atom. The molecule has 110 valence electrons. The van der Waals surface area contributed by atoms with Gasteiger partial charge in [0.1, 0.15) is 0 Å². The zero-order valence-corrected chi connectivity index (χ0v) is 11.9. The monoisotopic (exact) mass is 282 g/mol. The molecule has 0 aliphatic rings. The highest BCUT2D eigenvalue weighted by atomic mass is 16.5. The summed E-state index contributed by atoms with van der Waals surface area (Å²) >= 11 is 0. The molecule has 1 aromatic carbocycles. The Hall–Kier alpha value is -2.37. The number of benzene rings is 1. The van der Waals surface area contributed by atoms with Crippen LogP contribution < -0.4 is 0 Å². The number of esters is 3. The normalized spacial score (nSPS) is 9.05. The minimum Gasteiger partial charge on any atom is -0.468 e. The minimum atomic E-state index is -0.824. The van der Waals surface area contributed by atoms with Gasteiger partial charge in [-0.1, -0.05) is 18.2 Å². The van der Waals surface area contributed by atoms with Crippen molar-refractivity contribution in [3.8, 4) is 0 Å². The van der Waals surface area contributed by atoms with E-state index >= 15 is 0 Å². The van der Waals surface area contributed by atoms with Crippen molar-refractivity contribution in [3.05, 3.63) is 35.9 Å². The van der Waals surface area contributed by atoms with Crippen LogP contribution in [0.4, 0.5) is 0 Å². The van der Waals surface area contributed by atoms with Crippen molar-refractivity contribution in [2.75, 3.05) is 21.3 Å². The first-order chi connectivity index (χ1) is 9.47. The SMILES string of the molecule is COC(=O)C(C)C(=O)OC.COC(=O)c1ccccc1. The van der Waals surface area contributed by atoms with Gasteiger partial charge in [-0.25, -0.2) is 4.79 Å². The van der Waals surface area contributed by atoms with Crippen molar-refractivity contribution in [2.45, 2.75) is 6.92 Å². The molecule has 20 heavy (non-hydrogen) atoms. The van der Waals surface area contributed by atoms with Gasteiger partial charge in [0.2, 0.25) is 0 Å². The van der Waals surface area contributed by atoms with Gasteiger partial charge in [-0.15, -0.1) is 0 Å². The van der Waals surface area contributed by atoms with E-state index in [9.17, 15) is 14.4 Å². The number of carbonyl (C=O) groups is 3. The van der Waals surface area contributed by atoms with Crippen molar-refractivity contribution in [1.82, 2.24) is 0 Å². The Bertz CT molecular complexity index is 424. The molecule has 0 saturated heterocycles. The molecule has 6 nitrogen and oxygen atoms in total. The number of rotatable bonds is 3. The van der Waals surface area contributed by atoms with Crippen LogP contribution in [0.5, 0.6) is 0 Å². The van der Waals surface area contributed by atoms with E-state index in [2.05, 4.69) is 14.2 Å². The van der Waals surface area contributed by atoms with E-state index < -0.39 is 17.9 Å². The predicted octanol–water partition coefficient (Wildman–Crippen LogP) is 1.44. The summed E-state index contributed by atoms with van der Waals surface area (Å²) in [5.74, 6) is -2.27. The molecule has 0 saturated carbocycles. The third-order valence-electron chi connectivity index (χ3n) is 2.30. The number of hydrogen-bond donors (Lipinski definition) is 0. The van der Waals surface area contributed by atoms with Gasteiger partial charge in [-0.05, 0) is 19.1 Å². The van der Waals surface area contributed by atoms with Gasteiger partial charge >= 0.3 is 17.9 Å². The van der Waals surface area contributed by atoms with Crippen LogP contribution >= 0.6 is 0 Å². The van der Waals surface area contributed by atoms with Gasteiger partial charge in [0.25, 0.3) is 0 Å². The summed E-state index contributed by atoms with van der Waals surface area (Å²) in [4.78, 5) is 32.0. The molecular formula is C14H18O6. The fraction of sp³-hybridized carbons (Fsp3) is 0.357. The quantitative estimate of drug-likeness (QED) is 0.474. The van der Waals surface area contributed by atoms with E-state index in [0.717, 1.165) is 0 Å². The maximum atomic E-state index is 10.8. The lowest BCUT2D eigenvalue weighted by Gasteiger charge is -2.04. The summed E-state index contributed by atoms with van der Waals surface area (Å²) in [5, 5.41) is 0. The summed E-state index contributed by atoms with van der Waals surface area (Å²) in [7, 11) is 3.82. The predicted molar refractivity (Wildman–Crippen MR) is 71.0 cm³/mol. The average Bonchev–Trinajstić information content (AvgIpc) is 2.53. The molecule has 0 unspecified atom stereocenters. The molecule has 1 aromatic rings. The summed E-state index contributed by atoms with van der Waals surface area (Å²) in [6.07, 6.45) is 0. The lowest BCUT2D eigenvalue weighted by Crippen LogP contribution is -2.23. The highest BCUT2D eigenvalue weighted by Crippen LogP contribution is 1.99. The third-order valence-corrected chi connectivity index (χ3v) is 2.30. The third kappa shape index (κ3) is 5.99. The Labute approximate surface area is 117 Å². The number of ether oxygens (including phenoxy) is 3. The summed E-state index contributed by atoms with van der Waals surface area (Å²) in [6, 6.07) is 8.88. The molecular weight excluding hydrogens is 264 g/mol. The second-order valence-corrected chi connectivity index (χ2v) is 3.63. The Kier molecular flexibility index (Phi) is 8.41. The lowest BCUT2D eigenvalue weighted by atomic mass is 10.2. The van der Waals surface area contributed by atoms with Crippen molar-refractivity contribution < 1.29 is 28.6 Å². The molecule has 0 spiro atoms. The van der Waals surface area contributed by atoms with E-state index in [-0.39, 0.29) is 5.97 Å². The van der Waals surface area contributed by atoms with Crippen LogP contribution in [0, 0.1) is 5.92 Å². The van der Waals surface area contributed by atoms with Gasteiger partial charge in [0, 0.05) is 0 Å². The molecule has 0 radical (unpaired) electrons. The smallest absolute Gasteiger partial charge is 0.337 e. The molecule has 6 heteroatoms. The fourth-order valence-corrected chi connectivity index (χ4v) is 1.14.